The summed E-state index contributed by atoms with van der Waals surface area (Å²) < 4.78 is 0. The number of aromatic nitrogens is 2. The molecule has 0 spiro atoms. The summed E-state index contributed by atoms with van der Waals surface area (Å²) in [6, 6.07) is 12.2. The predicted molar refractivity (Wildman–Crippen MR) is 122 cm³/mol. The average Bonchev–Trinajstić information content (AvgIpc) is 2.73. The first-order valence-corrected chi connectivity index (χ1v) is 10.3. The molecule has 3 aromatic rings. The fraction of sp³-hybridized carbons (Fsp3) is 0.261. The lowest BCUT2D eigenvalue weighted by molar-refractivity contribution is 0.0697. The Balaban J connectivity index is 1.91. The SMILES string of the molecule is CCCN(CCC)c1ccc(C=C(Cl)c2nc3cc(C(=O)O)ccc3c(=O)[nH]2)cc1. The highest BCUT2D eigenvalue weighted by Gasteiger charge is 2.10. The van der Waals surface area contributed by atoms with E-state index in [0.29, 0.717) is 5.39 Å². The van der Waals surface area contributed by atoms with Gasteiger partial charge in [0.25, 0.3) is 5.56 Å². The molecule has 7 heteroatoms. The number of nitrogens with one attached hydrogen (secondary N) is 1. The van der Waals surface area contributed by atoms with Crippen LogP contribution in [0.1, 0.15) is 48.4 Å². The van der Waals surface area contributed by atoms with E-state index >= 15 is 0 Å². The van der Waals surface area contributed by atoms with Gasteiger partial charge in [0.05, 0.1) is 21.5 Å². The van der Waals surface area contributed by atoms with E-state index in [9.17, 15) is 9.59 Å². The van der Waals surface area contributed by atoms with Crippen molar-refractivity contribution in [2.75, 3.05) is 18.0 Å². The molecule has 0 aliphatic carbocycles. The Bertz CT molecular complexity index is 1130. The fourth-order valence-corrected chi connectivity index (χ4v) is 3.51. The molecule has 0 aliphatic heterocycles. The Kier molecular flexibility index (Phi) is 6.90. The van der Waals surface area contributed by atoms with E-state index < -0.39 is 5.97 Å². The zero-order valence-electron chi connectivity index (χ0n) is 17.0. The molecule has 0 aliphatic rings. The van der Waals surface area contributed by atoms with Gasteiger partial charge in [-0.3, -0.25) is 4.79 Å². The van der Waals surface area contributed by atoms with Crippen molar-refractivity contribution >= 4 is 45.3 Å². The zero-order chi connectivity index (χ0) is 21.7. The maximum atomic E-state index is 12.3. The number of carboxylic acid groups (broad SMARTS) is 1. The topological polar surface area (TPSA) is 86.3 Å². The Hall–Kier alpha value is -3.12. The Morgan fingerprint density at radius 2 is 1.80 bits per heavy atom. The summed E-state index contributed by atoms with van der Waals surface area (Å²) in [7, 11) is 0. The molecule has 6 nitrogen and oxygen atoms in total. The molecule has 30 heavy (non-hydrogen) atoms. The second kappa shape index (κ2) is 9.59. The van der Waals surface area contributed by atoms with Gasteiger partial charge in [-0.2, -0.15) is 0 Å². The Morgan fingerprint density at radius 1 is 1.13 bits per heavy atom. The van der Waals surface area contributed by atoms with Gasteiger partial charge in [0.15, 0.2) is 5.82 Å². The molecule has 0 saturated carbocycles. The second-order valence-electron chi connectivity index (χ2n) is 7.02. The zero-order valence-corrected chi connectivity index (χ0v) is 17.7. The van der Waals surface area contributed by atoms with Crippen LogP contribution in [-0.2, 0) is 0 Å². The van der Waals surface area contributed by atoms with Crippen LogP contribution < -0.4 is 10.5 Å². The number of aromatic amines is 1. The summed E-state index contributed by atoms with van der Waals surface area (Å²) in [5, 5.41) is 9.74. The highest BCUT2D eigenvalue weighted by molar-refractivity contribution is 6.50. The summed E-state index contributed by atoms with van der Waals surface area (Å²) in [5.74, 6) is -0.887. The molecule has 0 fully saturated rings. The van der Waals surface area contributed by atoms with Crippen molar-refractivity contribution in [2.45, 2.75) is 26.7 Å². The van der Waals surface area contributed by atoms with Gasteiger partial charge in [-0.25, -0.2) is 9.78 Å². The summed E-state index contributed by atoms with van der Waals surface area (Å²) in [4.78, 5) is 32.9. The number of halogens is 1. The molecule has 1 aromatic heterocycles. The molecule has 0 amide bonds. The predicted octanol–water partition coefficient (Wildman–Crippen LogP) is 4.98. The highest BCUT2D eigenvalue weighted by Crippen LogP contribution is 2.23. The van der Waals surface area contributed by atoms with E-state index in [4.69, 9.17) is 16.7 Å². The third-order valence-corrected chi connectivity index (χ3v) is 5.01. The minimum absolute atomic E-state index is 0.0611. The van der Waals surface area contributed by atoms with Crippen LogP contribution in [0.3, 0.4) is 0 Å². The van der Waals surface area contributed by atoms with Gasteiger partial charge < -0.3 is 15.0 Å². The lowest BCUT2D eigenvalue weighted by Crippen LogP contribution is -2.24. The van der Waals surface area contributed by atoms with Gasteiger partial charge in [-0.1, -0.05) is 37.6 Å². The summed E-state index contributed by atoms with van der Waals surface area (Å²) in [5.41, 5.74) is 2.00. The molecule has 156 valence electrons. The lowest BCUT2D eigenvalue weighted by Gasteiger charge is -2.23. The molecule has 1 heterocycles. The largest absolute Gasteiger partial charge is 0.478 e. The number of aromatic carboxylic acids is 1. The van der Waals surface area contributed by atoms with Gasteiger partial charge in [-0.15, -0.1) is 0 Å². The molecule has 2 aromatic carbocycles. The van der Waals surface area contributed by atoms with E-state index in [-0.39, 0.29) is 27.5 Å². The number of H-pyrrole nitrogens is 1. The van der Waals surface area contributed by atoms with Crippen molar-refractivity contribution in [3.63, 3.8) is 0 Å². The first kappa shape index (κ1) is 21.6. The third-order valence-electron chi connectivity index (χ3n) is 4.72. The van der Waals surface area contributed by atoms with Crippen molar-refractivity contribution in [3.05, 3.63) is 69.8 Å². The van der Waals surface area contributed by atoms with E-state index in [1.54, 1.807) is 6.08 Å². The van der Waals surface area contributed by atoms with Crippen LogP contribution >= 0.6 is 11.6 Å². The van der Waals surface area contributed by atoms with Gasteiger partial charge in [0.1, 0.15) is 0 Å². The first-order valence-electron chi connectivity index (χ1n) is 9.93. The molecule has 0 saturated heterocycles. The van der Waals surface area contributed by atoms with Crippen molar-refractivity contribution < 1.29 is 9.90 Å². The Morgan fingerprint density at radius 3 is 2.40 bits per heavy atom. The number of anilines is 1. The molecule has 0 radical (unpaired) electrons. The van der Waals surface area contributed by atoms with E-state index in [0.717, 1.165) is 37.2 Å². The molecule has 0 bridgehead atoms. The highest BCUT2D eigenvalue weighted by atomic mass is 35.5. The van der Waals surface area contributed by atoms with Crippen LogP contribution in [0.5, 0.6) is 0 Å². The number of hydrogen-bond acceptors (Lipinski definition) is 4. The van der Waals surface area contributed by atoms with E-state index in [1.807, 2.05) is 12.1 Å². The van der Waals surface area contributed by atoms with Crippen LogP contribution in [0.15, 0.2) is 47.3 Å². The molecule has 3 rings (SSSR count). The van der Waals surface area contributed by atoms with Crippen LogP contribution in [0.2, 0.25) is 0 Å². The minimum Gasteiger partial charge on any atom is -0.478 e. The molecule has 0 unspecified atom stereocenters. The number of hydrogen-bond donors (Lipinski definition) is 2. The normalized spacial score (nSPS) is 11.6. The summed E-state index contributed by atoms with van der Waals surface area (Å²) in [6.07, 6.45) is 3.89. The van der Waals surface area contributed by atoms with Gasteiger partial charge in [0, 0.05) is 18.8 Å². The van der Waals surface area contributed by atoms with E-state index in [1.165, 1.54) is 18.2 Å². The summed E-state index contributed by atoms with van der Waals surface area (Å²) in [6.45, 7) is 6.33. The van der Waals surface area contributed by atoms with Crippen LogP contribution in [0.4, 0.5) is 5.69 Å². The van der Waals surface area contributed by atoms with Gasteiger partial charge in [-0.05, 0) is 54.8 Å². The Labute approximate surface area is 179 Å². The number of benzene rings is 2. The minimum atomic E-state index is -1.08. The monoisotopic (exact) mass is 425 g/mol. The maximum Gasteiger partial charge on any atom is 0.335 e. The number of rotatable bonds is 8. The maximum absolute atomic E-state index is 12.3. The fourth-order valence-electron chi connectivity index (χ4n) is 3.29. The standard InChI is InChI=1S/C23H24ClN3O3/c1-3-11-27(12-4-2)17-8-5-15(6-9-17)13-19(24)21-25-20-14-16(23(29)30)7-10-18(20)22(28)26-21/h5-10,13-14H,3-4,11-12H2,1-2H3,(H,29,30)(H,25,26,28). The van der Waals surface area contributed by atoms with Crippen molar-refractivity contribution in [3.8, 4) is 0 Å². The molecule has 0 atom stereocenters. The van der Waals surface area contributed by atoms with Crippen LogP contribution in [-0.4, -0.2) is 34.1 Å². The second-order valence-corrected chi connectivity index (χ2v) is 7.43. The average molecular weight is 426 g/mol. The number of carbonyl (C=O) groups is 1. The van der Waals surface area contributed by atoms with E-state index in [2.05, 4.69) is 40.8 Å². The van der Waals surface area contributed by atoms with Crippen molar-refractivity contribution in [1.29, 1.82) is 0 Å². The number of carboxylic acids is 1. The first-order chi connectivity index (χ1) is 14.4. The van der Waals surface area contributed by atoms with Crippen molar-refractivity contribution in [1.82, 2.24) is 9.97 Å². The molecular weight excluding hydrogens is 402 g/mol. The smallest absolute Gasteiger partial charge is 0.335 e. The van der Waals surface area contributed by atoms with Gasteiger partial charge >= 0.3 is 5.97 Å². The molecule has 2 N–H and O–H groups in total. The van der Waals surface area contributed by atoms with Crippen LogP contribution in [0, 0.1) is 0 Å². The summed E-state index contributed by atoms with van der Waals surface area (Å²) >= 11 is 6.42. The lowest BCUT2D eigenvalue weighted by atomic mass is 10.1. The van der Waals surface area contributed by atoms with Gasteiger partial charge in [0.2, 0.25) is 0 Å². The third kappa shape index (κ3) is 4.89. The number of nitrogens with zero attached hydrogens (tertiary/aromatic N) is 2. The number of fused-ring (bicyclic) bond motifs is 1. The van der Waals surface area contributed by atoms with Crippen LogP contribution in [0.25, 0.3) is 22.0 Å². The quantitative estimate of drug-likeness (QED) is 0.531. The molecular formula is C23H24ClN3O3. The van der Waals surface area contributed by atoms with Crippen molar-refractivity contribution in [2.24, 2.45) is 0 Å².